The number of nitrogens with zero attached hydrogens (tertiary/aromatic N) is 4. The van der Waals surface area contributed by atoms with Crippen molar-refractivity contribution in [2.24, 2.45) is 0 Å². The standard InChI is InChI=1S/C19H22N4O3/c24-18(21-9-11-26-12-10-21)13-17(22-8-6-20-14-22)19(25)23-7-5-15-3-1-2-4-16(15)23/h1-4,6,8,14,17H,5,7,9-13H2. The van der Waals surface area contributed by atoms with Gasteiger partial charge in [0.25, 0.3) is 5.91 Å². The lowest BCUT2D eigenvalue weighted by Crippen LogP contribution is -2.43. The van der Waals surface area contributed by atoms with E-state index in [0.717, 1.165) is 12.1 Å². The highest BCUT2D eigenvalue weighted by molar-refractivity contribution is 6.00. The van der Waals surface area contributed by atoms with Crippen molar-refractivity contribution in [1.82, 2.24) is 14.5 Å². The number of anilines is 1. The highest BCUT2D eigenvalue weighted by Crippen LogP contribution is 2.30. The molecule has 3 heterocycles. The summed E-state index contributed by atoms with van der Waals surface area (Å²) in [4.78, 5) is 33.7. The summed E-state index contributed by atoms with van der Waals surface area (Å²) in [6, 6.07) is 7.36. The van der Waals surface area contributed by atoms with Gasteiger partial charge < -0.3 is 19.1 Å². The van der Waals surface area contributed by atoms with Crippen LogP contribution in [0.4, 0.5) is 5.69 Å². The summed E-state index contributed by atoms with van der Waals surface area (Å²) in [6.45, 7) is 2.91. The monoisotopic (exact) mass is 354 g/mol. The number of fused-ring (bicyclic) bond motifs is 1. The fourth-order valence-corrected chi connectivity index (χ4v) is 3.63. The Morgan fingerprint density at radius 3 is 2.73 bits per heavy atom. The number of carbonyl (C=O) groups excluding carboxylic acids is 2. The topological polar surface area (TPSA) is 67.7 Å². The Labute approximate surface area is 152 Å². The van der Waals surface area contributed by atoms with Crippen molar-refractivity contribution in [3.05, 3.63) is 48.5 Å². The molecule has 0 saturated carbocycles. The minimum absolute atomic E-state index is 0.0205. The van der Waals surface area contributed by atoms with Crippen LogP contribution in [0.1, 0.15) is 18.0 Å². The van der Waals surface area contributed by atoms with Crippen LogP contribution in [0.15, 0.2) is 43.0 Å². The number of carbonyl (C=O) groups is 2. The molecule has 1 aromatic heterocycles. The lowest BCUT2D eigenvalue weighted by atomic mass is 10.1. The number of para-hydroxylation sites is 1. The molecule has 1 saturated heterocycles. The van der Waals surface area contributed by atoms with E-state index in [-0.39, 0.29) is 18.2 Å². The number of hydrogen-bond donors (Lipinski definition) is 0. The van der Waals surface area contributed by atoms with Crippen LogP contribution in [-0.4, -0.2) is 59.1 Å². The van der Waals surface area contributed by atoms with Gasteiger partial charge in [0.15, 0.2) is 0 Å². The third kappa shape index (κ3) is 3.22. The molecule has 1 unspecified atom stereocenters. The molecule has 26 heavy (non-hydrogen) atoms. The molecule has 0 spiro atoms. The van der Waals surface area contributed by atoms with Crippen LogP contribution in [-0.2, 0) is 20.7 Å². The van der Waals surface area contributed by atoms with Crippen LogP contribution in [0.3, 0.4) is 0 Å². The average molecular weight is 354 g/mol. The minimum Gasteiger partial charge on any atom is -0.378 e. The van der Waals surface area contributed by atoms with E-state index in [9.17, 15) is 9.59 Å². The molecule has 2 amide bonds. The lowest BCUT2D eigenvalue weighted by molar-refractivity contribution is -0.138. The Hall–Kier alpha value is -2.67. The molecule has 7 nitrogen and oxygen atoms in total. The predicted octanol–water partition coefficient (Wildman–Crippen LogP) is 1.26. The van der Waals surface area contributed by atoms with Gasteiger partial charge in [0.05, 0.1) is 26.0 Å². The minimum atomic E-state index is -0.584. The zero-order valence-corrected chi connectivity index (χ0v) is 14.6. The summed E-state index contributed by atoms with van der Waals surface area (Å²) in [5, 5.41) is 0. The van der Waals surface area contributed by atoms with E-state index >= 15 is 0 Å². The van der Waals surface area contributed by atoms with E-state index in [0.29, 0.717) is 32.8 Å². The van der Waals surface area contributed by atoms with Crippen LogP contribution in [0.5, 0.6) is 0 Å². The first-order valence-corrected chi connectivity index (χ1v) is 8.96. The second-order valence-corrected chi connectivity index (χ2v) is 6.59. The first-order valence-electron chi connectivity index (χ1n) is 8.96. The first kappa shape index (κ1) is 16.8. The van der Waals surface area contributed by atoms with E-state index < -0.39 is 6.04 Å². The molecule has 2 aliphatic heterocycles. The molecule has 2 aliphatic rings. The second kappa shape index (κ2) is 7.29. The summed E-state index contributed by atoms with van der Waals surface area (Å²) in [6.07, 6.45) is 5.97. The summed E-state index contributed by atoms with van der Waals surface area (Å²) in [5.74, 6) is -0.0811. The van der Waals surface area contributed by atoms with Gasteiger partial charge in [0, 0.05) is 37.7 Å². The highest BCUT2D eigenvalue weighted by Gasteiger charge is 2.33. The molecular formula is C19H22N4O3. The molecule has 1 aromatic carbocycles. The van der Waals surface area contributed by atoms with Crippen LogP contribution in [0.25, 0.3) is 0 Å². The SMILES string of the molecule is O=C(CC(C(=O)N1CCc2ccccc21)n1ccnc1)N1CCOCC1. The van der Waals surface area contributed by atoms with Gasteiger partial charge in [-0.25, -0.2) is 4.98 Å². The number of rotatable bonds is 4. The molecule has 7 heteroatoms. The molecule has 0 radical (unpaired) electrons. The molecule has 136 valence electrons. The van der Waals surface area contributed by atoms with Crippen molar-refractivity contribution in [2.45, 2.75) is 18.9 Å². The van der Waals surface area contributed by atoms with Crippen LogP contribution in [0.2, 0.25) is 0 Å². The van der Waals surface area contributed by atoms with Crippen molar-refractivity contribution in [3.8, 4) is 0 Å². The van der Waals surface area contributed by atoms with Gasteiger partial charge in [0.2, 0.25) is 5.91 Å². The number of amides is 2. The highest BCUT2D eigenvalue weighted by atomic mass is 16.5. The summed E-state index contributed by atoms with van der Waals surface area (Å²) < 4.78 is 7.05. The van der Waals surface area contributed by atoms with Crippen LogP contribution in [0, 0.1) is 0 Å². The summed E-state index contributed by atoms with van der Waals surface area (Å²) in [5.41, 5.74) is 2.12. The number of hydrogen-bond acceptors (Lipinski definition) is 4. The molecular weight excluding hydrogens is 332 g/mol. The van der Waals surface area contributed by atoms with Gasteiger partial charge in [0.1, 0.15) is 6.04 Å². The maximum Gasteiger partial charge on any atom is 0.250 e. The van der Waals surface area contributed by atoms with Crippen molar-refractivity contribution in [1.29, 1.82) is 0 Å². The first-order chi connectivity index (χ1) is 12.7. The fourth-order valence-electron chi connectivity index (χ4n) is 3.63. The van der Waals surface area contributed by atoms with E-state index in [1.165, 1.54) is 5.56 Å². The van der Waals surface area contributed by atoms with Gasteiger partial charge in [-0.15, -0.1) is 0 Å². The maximum absolute atomic E-state index is 13.3. The average Bonchev–Trinajstić information content (AvgIpc) is 3.36. The normalized spacial score (nSPS) is 17.8. The Morgan fingerprint density at radius 2 is 1.96 bits per heavy atom. The molecule has 4 rings (SSSR count). The maximum atomic E-state index is 13.3. The fraction of sp³-hybridized carbons (Fsp3) is 0.421. The Morgan fingerprint density at radius 1 is 1.15 bits per heavy atom. The quantitative estimate of drug-likeness (QED) is 0.829. The Kier molecular flexibility index (Phi) is 4.71. The number of aromatic nitrogens is 2. The van der Waals surface area contributed by atoms with Gasteiger partial charge in [-0.2, -0.15) is 0 Å². The third-order valence-corrected chi connectivity index (χ3v) is 5.05. The van der Waals surface area contributed by atoms with Gasteiger partial charge >= 0.3 is 0 Å². The number of imidazole rings is 1. The second-order valence-electron chi connectivity index (χ2n) is 6.59. The Bertz CT molecular complexity index is 784. The predicted molar refractivity (Wildman–Crippen MR) is 95.8 cm³/mol. The van der Waals surface area contributed by atoms with Crippen LogP contribution >= 0.6 is 0 Å². The Balaban J connectivity index is 1.56. The van der Waals surface area contributed by atoms with Crippen molar-refractivity contribution >= 4 is 17.5 Å². The zero-order valence-electron chi connectivity index (χ0n) is 14.6. The van der Waals surface area contributed by atoms with E-state index in [2.05, 4.69) is 4.98 Å². The molecule has 0 N–H and O–H groups in total. The van der Waals surface area contributed by atoms with Crippen molar-refractivity contribution in [3.63, 3.8) is 0 Å². The zero-order chi connectivity index (χ0) is 17.9. The molecule has 1 fully saturated rings. The van der Waals surface area contributed by atoms with E-state index in [1.807, 2.05) is 24.3 Å². The van der Waals surface area contributed by atoms with E-state index in [4.69, 9.17) is 4.74 Å². The lowest BCUT2D eigenvalue weighted by Gasteiger charge is -2.30. The smallest absolute Gasteiger partial charge is 0.250 e. The van der Waals surface area contributed by atoms with E-state index in [1.54, 1.807) is 33.1 Å². The van der Waals surface area contributed by atoms with Crippen molar-refractivity contribution in [2.75, 3.05) is 37.7 Å². The van der Waals surface area contributed by atoms with Gasteiger partial charge in [-0.3, -0.25) is 9.59 Å². The molecule has 0 aliphatic carbocycles. The molecule has 1 atom stereocenters. The third-order valence-electron chi connectivity index (χ3n) is 5.05. The summed E-state index contributed by atoms with van der Waals surface area (Å²) >= 11 is 0. The molecule has 2 aromatic rings. The number of ether oxygens (including phenoxy) is 1. The van der Waals surface area contributed by atoms with Gasteiger partial charge in [-0.05, 0) is 18.1 Å². The number of benzene rings is 1. The van der Waals surface area contributed by atoms with Crippen LogP contribution < -0.4 is 4.90 Å². The number of morpholine rings is 1. The molecule has 0 bridgehead atoms. The van der Waals surface area contributed by atoms with Gasteiger partial charge in [-0.1, -0.05) is 18.2 Å². The summed E-state index contributed by atoms with van der Waals surface area (Å²) in [7, 11) is 0. The largest absolute Gasteiger partial charge is 0.378 e. The van der Waals surface area contributed by atoms with Crippen molar-refractivity contribution < 1.29 is 14.3 Å².